The van der Waals surface area contributed by atoms with Gasteiger partial charge >= 0.3 is 5.97 Å². The van der Waals surface area contributed by atoms with Gasteiger partial charge in [-0.05, 0) is 86.5 Å². The molecule has 0 spiro atoms. The Morgan fingerprint density at radius 1 is 1.08 bits per heavy atom. The molecule has 2 aromatic carbocycles. The maximum atomic E-state index is 13.0. The van der Waals surface area contributed by atoms with Gasteiger partial charge in [-0.1, -0.05) is 12.1 Å². The molecule has 36 heavy (non-hydrogen) atoms. The first-order valence-electron chi connectivity index (χ1n) is 12.1. The average molecular weight is 502 g/mol. The Kier molecular flexibility index (Phi) is 6.95. The van der Waals surface area contributed by atoms with E-state index in [0.29, 0.717) is 33.7 Å². The number of likely N-dealkylation sites (N-methyl/N-ethyl adjacent to an activating group) is 1. The Morgan fingerprint density at radius 2 is 1.86 bits per heavy atom. The molecule has 2 aliphatic rings. The SMILES string of the molecule is CCN1C(=O)/C(=C\c2ccc(-c3cccc(C(=O)O)c3)o2)SC1=Nc1ccc(N2CCCCC2)cc1. The van der Waals surface area contributed by atoms with Crippen LogP contribution < -0.4 is 4.90 Å². The Morgan fingerprint density at radius 3 is 2.58 bits per heavy atom. The number of amidine groups is 1. The fourth-order valence-corrected chi connectivity index (χ4v) is 5.43. The van der Waals surface area contributed by atoms with E-state index in [1.807, 2.05) is 19.1 Å². The van der Waals surface area contributed by atoms with Gasteiger partial charge in [-0.25, -0.2) is 9.79 Å². The van der Waals surface area contributed by atoms with E-state index in [9.17, 15) is 14.7 Å². The maximum Gasteiger partial charge on any atom is 0.335 e. The molecule has 1 amide bonds. The molecule has 1 aromatic heterocycles. The van der Waals surface area contributed by atoms with Gasteiger partial charge in [-0.15, -0.1) is 0 Å². The van der Waals surface area contributed by atoms with Crippen molar-refractivity contribution in [3.8, 4) is 11.3 Å². The number of piperidine rings is 1. The fourth-order valence-electron chi connectivity index (χ4n) is 4.39. The second kappa shape index (κ2) is 10.5. The van der Waals surface area contributed by atoms with E-state index in [2.05, 4.69) is 17.0 Å². The van der Waals surface area contributed by atoms with Crippen LogP contribution in [0.2, 0.25) is 0 Å². The average Bonchev–Trinajstić information content (AvgIpc) is 3.49. The molecule has 0 atom stereocenters. The van der Waals surface area contributed by atoms with Crippen molar-refractivity contribution in [2.45, 2.75) is 26.2 Å². The highest BCUT2D eigenvalue weighted by Crippen LogP contribution is 2.35. The number of carboxylic acids is 1. The van der Waals surface area contributed by atoms with Crippen LogP contribution in [0.5, 0.6) is 0 Å². The standard InChI is InChI=1S/C28H27N3O4S/c1-2-31-26(32)25(18-23-13-14-24(35-23)19-7-6-8-20(17-19)27(33)34)36-28(31)29-21-9-11-22(12-10-21)30-15-4-3-5-16-30/h6-14,17-18H,2-5,15-16H2,1H3,(H,33,34)/b25-18+,29-28?. The van der Waals surface area contributed by atoms with E-state index < -0.39 is 5.97 Å². The van der Waals surface area contributed by atoms with Crippen LogP contribution in [0.25, 0.3) is 17.4 Å². The highest BCUT2D eigenvalue weighted by Gasteiger charge is 2.32. The zero-order valence-electron chi connectivity index (χ0n) is 20.0. The molecule has 3 heterocycles. The molecule has 1 N–H and O–H groups in total. The number of thioether (sulfide) groups is 1. The molecule has 8 heteroatoms. The number of anilines is 1. The molecule has 5 rings (SSSR count). The maximum absolute atomic E-state index is 13.0. The quantitative estimate of drug-likeness (QED) is 0.401. The van der Waals surface area contributed by atoms with Crippen molar-refractivity contribution >= 4 is 46.3 Å². The Hall–Kier alpha value is -3.78. The molecular weight excluding hydrogens is 474 g/mol. The van der Waals surface area contributed by atoms with E-state index in [0.717, 1.165) is 18.8 Å². The third-order valence-corrected chi connectivity index (χ3v) is 7.30. The van der Waals surface area contributed by atoms with E-state index in [1.54, 1.807) is 41.3 Å². The summed E-state index contributed by atoms with van der Waals surface area (Å²) in [7, 11) is 0. The van der Waals surface area contributed by atoms with Crippen LogP contribution in [-0.4, -0.2) is 46.7 Å². The smallest absolute Gasteiger partial charge is 0.335 e. The Labute approximate surface area is 214 Å². The number of hydrogen-bond acceptors (Lipinski definition) is 6. The molecule has 7 nitrogen and oxygen atoms in total. The predicted molar refractivity (Wildman–Crippen MR) is 144 cm³/mol. The van der Waals surface area contributed by atoms with Crippen LogP contribution in [0, 0.1) is 0 Å². The first-order chi connectivity index (χ1) is 17.5. The summed E-state index contributed by atoms with van der Waals surface area (Å²) < 4.78 is 5.91. The third-order valence-electron chi connectivity index (χ3n) is 6.29. The van der Waals surface area contributed by atoms with Gasteiger partial charge in [0.25, 0.3) is 5.91 Å². The fraction of sp³-hybridized carbons (Fsp3) is 0.250. The summed E-state index contributed by atoms with van der Waals surface area (Å²) in [6.45, 7) is 4.63. The molecule has 3 aromatic rings. The minimum absolute atomic E-state index is 0.114. The number of nitrogens with zero attached hydrogens (tertiary/aromatic N) is 3. The molecule has 184 valence electrons. The molecule has 0 radical (unpaired) electrons. The van der Waals surface area contributed by atoms with Crippen molar-refractivity contribution in [2.24, 2.45) is 4.99 Å². The van der Waals surface area contributed by atoms with E-state index in [-0.39, 0.29) is 11.5 Å². The second-order valence-corrected chi connectivity index (χ2v) is 9.72. The Bertz CT molecular complexity index is 1340. The summed E-state index contributed by atoms with van der Waals surface area (Å²) in [5.74, 6) is -0.0523. The number of carbonyl (C=O) groups is 2. The van der Waals surface area contributed by atoms with E-state index in [4.69, 9.17) is 9.41 Å². The summed E-state index contributed by atoms with van der Waals surface area (Å²) in [5.41, 5.74) is 2.87. The molecule has 2 fully saturated rings. The first kappa shape index (κ1) is 23.9. The highest BCUT2D eigenvalue weighted by atomic mass is 32.2. The third kappa shape index (κ3) is 5.09. The largest absolute Gasteiger partial charge is 0.478 e. The van der Waals surface area contributed by atoms with Crippen LogP contribution in [0.15, 0.2) is 75.0 Å². The van der Waals surface area contributed by atoms with Gasteiger partial charge in [0.2, 0.25) is 0 Å². The molecular formula is C28H27N3O4S. The predicted octanol–water partition coefficient (Wildman–Crippen LogP) is 6.26. The van der Waals surface area contributed by atoms with Crippen molar-refractivity contribution in [2.75, 3.05) is 24.5 Å². The van der Waals surface area contributed by atoms with Crippen molar-refractivity contribution in [3.05, 3.63) is 76.9 Å². The van der Waals surface area contributed by atoms with Crippen molar-refractivity contribution in [1.29, 1.82) is 0 Å². The lowest BCUT2D eigenvalue weighted by molar-refractivity contribution is -0.122. The number of rotatable bonds is 6. The Balaban J connectivity index is 1.35. The number of amides is 1. The normalized spacial score (nSPS) is 18.4. The lowest BCUT2D eigenvalue weighted by atomic mass is 10.1. The van der Waals surface area contributed by atoms with Crippen molar-refractivity contribution in [3.63, 3.8) is 0 Å². The van der Waals surface area contributed by atoms with Crippen LogP contribution in [0.4, 0.5) is 11.4 Å². The van der Waals surface area contributed by atoms with Gasteiger partial charge in [-0.2, -0.15) is 0 Å². The summed E-state index contributed by atoms with van der Waals surface area (Å²) in [5, 5.41) is 9.87. The highest BCUT2D eigenvalue weighted by molar-refractivity contribution is 8.18. The minimum Gasteiger partial charge on any atom is -0.478 e. The van der Waals surface area contributed by atoms with Gasteiger partial charge in [-0.3, -0.25) is 9.69 Å². The van der Waals surface area contributed by atoms with E-state index in [1.165, 1.54) is 42.8 Å². The molecule has 0 saturated carbocycles. The summed E-state index contributed by atoms with van der Waals surface area (Å²) in [4.78, 5) is 33.7. The van der Waals surface area contributed by atoms with Gasteiger partial charge in [0.15, 0.2) is 5.17 Å². The van der Waals surface area contributed by atoms with Gasteiger partial charge in [0.05, 0.1) is 16.2 Å². The van der Waals surface area contributed by atoms with Gasteiger partial charge < -0.3 is 14.4 Å². The number of hydrogen-bond donors (Lipinski definition) is 1. The number of aromatic carboxylic acids is 1. The zero-order chi connectivity index (χ0) is 25.1. The lowest BCUT2D eigenvalue weighted by Gasteiger charge is -2.28. The molecule has 0 aliphatic carbocycles. The summed E-state index contributed by atoms with van der Waals surface area (Å²) in [6, 6.07) is 18.3. The monoisotopic (exact) mass is 501 g/mol. The van der Waals surface area contributed by atoms with Crippen LogP contribution in [0.3, 0.4) is 0 Å². The first-order valence-corrected chi connectivity index (χ1v) is 12.9. The number of furan rings is 1. The molecule has 2 saturated heterocycles. The topological polar surface area (TPSA) is 86.3 Å². The second-order valence-electron chi connectivity index (χ2n) is 8.71. The summed E-state index contributed by atoms with van der Waals surface area (Å²) in [6.07, 6.45) is 5.47. The number of carbonyl (C=O) groups excluding carboxylic acids is 1. The molecule has 0 bridgehead atoms. The van der Waals surface area contributed by atoms with Crippen LogP contribution in [0.1, 0.15) is 42.3 Å². The van der Waals surface area contributed by atoms with E-state index >= 15 is 0 Å². The van der Waals surface area contributed by atoms with Crippen LogP contribution >= 0.6 is 11.8 Å². The van der Waals surface area contributed by atoms with Gasteiger partial charge in [0.1, 0.15) is 11.5 Å². The number of carboxylic acid groups (broad SMARTS) is 1. The number of benzene rings is 2. The minimum atomic E-state index is -0.994. The molecule has 2 aliphatic heterocycles. The van der Waals surface area contributed by atoms with Crippen LogP contribution in [-0.2, 0) is 4.79 Å². The van der Waals surface area contributed by atoms with Crippen molar-refractivity contribution in [1.82, 2.24) is 4.90 Å². The van der Waals surface area contributed by atoms with Gasteiger partial charge in [0, 0.05) is 37.0 Å². The molecule has 0 unspecified atom stereocenters. The zero-order valence-corrected chi connectivity index (χ0v) is 20.8. The lowest BCUT2D eigenvalue weighted by Crippen LogP contribution is -2.29. The summed E-state index contributed by atoms with van der Waals surface area (Å²) >= 11 is 1.32. The van der Waals surface area contributed by atoms with Crippen molar-refractivity contribution < 1.29 is 19.1 Å². The number of aliphatic imine (C=N–C) groups is 1.